The Morgan fingerprint density at radius 2 is 1.32 bits per heavy atom. The molecule has 0 atom stereocenters. The maximum absolute atomic E-state index is 6.52. The van der Waals surface area contributed by atoms with Gasteiger partial charge in [-0.25, -0.2) is 4.98 Å². The predicted octanol–water partition coefficient (Wildman–Crippen LogP) is 3.99. The van der Waals surface area contributed by atoms with Crippen LogP contribution in [0.5, 0.6) is 23.0 Å². The summed E-state index contributed by atoms with van der Waals surface area (Å²) in [6.07, 6.45) is 1.75. The molecule has 0 spiro atoms. The zero-order valence-electron chi connectivity index (χ0n) is 18.1. The Morgan fingerprint density at radius 1 is 0.774 bits per heavy atom. The van der Waals surface area contributed by atoms with E-state index in [1.807, 2.05) is 43.3 Å². The third-order valence-corrected chi connectivity index (χ3v) is 5.22. The fourth-order valence-electron chi connectivity index (χ4n) is 3.66. The number of aryl methyl sites for hydroxylation is 1. The zero-order chi connectivity index (χ0) is 22.1. The quantitative estimate of drug-likeness (QED) is 0.504. The first-order valence-electron chi connectivity index (χ1n) is 9.61. The largest absolute Gasteiger partial charge is 0.493 e. The molecule has 31 heavy (non-hydrogen) atoms. The molecule has 2 heterocycles. The van der Waals surface area contributed by atoms with Crippen molar-refractivity contribution in [1.29, 1.82) is 0 Å². The lowest BCUT2D eigenvalue weighted by Gasteiger charge is -2.12. The van der Waals surface area contributed by atoms with Gasteiger partial charge in [0.25, 0.3) is 0 Å². The molecule has 2 aromatic carbocycles. The number of hydrogen-bond donors (Lipinski definition) is 1. The second kappa shape index (κ2) is 8.06. The van der Waals surface area contributed by atoms with Gasteiger partial charge in [-0.3, -0.25) is 0 Å². The third kappa shape index (κ3) is 3.35. The van der Waals surface area contributed by atoms with Crippen LogP contribution >= 0.6 is 0 Å². The summed E-state index contributed by atoms with van der Waals surface area (Å²) in [5, 5.41) is 4.65. The number of nitrogens with zero attached hydrogens (tertiary/aromatic N) is 3. The summed E-state index contributed by atoms with van der Waals surface area (Å²) in [6, 6.07) is 11.3. The lowest BCUT2D eigenvalue weighted by molar-refractivity contribution is 0.355. The van der Waals surface area contributed by atoms with E-state index >= 15 is 0 Å². The molecule has 0 aliphatic rings. The number of anilines is 1. The van der Waals surface area contributed by atoms with Crippen LogP contribution < -0.4 is 24.7 Å². The third-order valence-electron chi connectivity index (χ3n) is 5.22. The first-order chi connectivity index (χ1) is 15.0. The van der Waals surface area contributed by atoms with Crippen LogP contribution in [0, 0.1) is 6.92 Å². The number of methoxy groups -OCH3 is 4. The Balaban J connectivity index is 1.87. The number of nitrogens with two attached hydrogens (primary N) is 1. The summed E-state index contributed by atoms with van der Waals surface area (Å²) in [7, 11) is 6.41. The molecule has 0 bridgehead atoms. The van der Waals surface area contributed by atoms with Crippen LogP contribution in [0.3, 0.4) is 0 Å². The highest BCUT2D eigenvalue weighted by molar-refractivity contribution is 5.85. The molecule has 0 aliphatic heterocycles. The average molecular weight is 420 g/mol. The highest BCUT2D eigenvalue weighted by Crippen LogP contribution is 2.38. The summed E-state index contributed by atoms with van der Waals surface area (Å²) >= 11 is 0. The minimum absolute atomic E-state index is 0.479. The lowest BCUT2D eigenvalue weighted by Crippen LogP contribution is -2.03. The van der Waals surface area contributed by atoms with E-state index in [0.29, 0.717) is 34.5 Å². The molecule has 0 amide bonds. The summed E-state index contributed by atoms with van der Waals surface area (Å²) in [6.45, 7) is 1.93. The van der Waals surface area contributed by atoms with Crippen LogP contribution in [0.25, 0.3) is 27.9 Å². The van der Waals surface area contributed by atoms with Crippen LogP contribution in [0.1, 0.15) is 5.69 Å². The van der Waals surface area contributed by atoms with E-state index < -0.39 is 0 Å². The number of ether oxygens (including phenoxy) is 4. The fraction of sp³-hybridized carbons (Fsp3) is 0.217. The molecule has 0 fully saturated rings. The predicted molar refractivity (Wildman–Crippen MR) is 119 cm³/mol. The normalized spacial score (nSPS) is 10.9. The van der Waals surface area contributed by atoms with E-state index in [0.717, 1.165) is 27.9 Å². The van der Waals surface area contributed by atoms with E-state index in [1.54, 1.807) is 39.2 Å². The van der Waals surface area contributed by atoms with Gasteiger partial charge in [0.05, 0.1) is 34.1 Å². The second-order valence-electron chi connectivity index (χ2n) is 6.89. The van der Waals surface area contributed by atoms with Gasteiger partial charge in [-0.2, -0.15) is 9.61 Å². The van der Waals surface area contributed by atoms with Crippen molar-refractivity contribution in [3.05, 3.63) is 48.3 Å². The molecule has 0 saturated carbocycles. The van der Waals surface area contributed by atoms with E-state index in [4.69, 9.17) is 24.7 Å². The van der Waals surface area contributed by atoms with E-state index in [2.05, 4.69) is 10.1 Å². The highest BCUT2D eigenvalue weighted by atomic mass is 16.5. The minimum atomic E-state index is 0.479. The summed E-state index contributed by atoms with van der Waals surface area (Å²) in [5.74, 6) is 3.02. The SMILES string of the molecule is COc1ccc(-c2cnc3c(-c4ccc(OC)c(OC)c4)c(C)nn3c2N)cc1OC. The van der Waals surface area contributed by atoms with Gasteiger partial charge >= 0.3 is 0 Å². The van der Waals surface area contributed by atoms with Crippen LogP contribution in [-0.2, 0) is 0 Å². The summed E-state index contributed by atoms with van der Waals surface area (Å²) in [4.78, 5) is 4.69. The molecule has 160 valence electrons. The van der Waals surface area contributed by atoms with Crippen molar-refractivity contribution in [2.75, 3.05) is 34.2 Å². The Hall–Kier alpha value is -3.94. The van der Waals surface area contributed by atoms with E-state index in [9.17, 15) is 0 Å². The molecule has 0 saturated heterocycles. The molecular formula is C23H24N4O4. The van der Waals surface area contributed by atoms with Gasteiger partial charge < -0.3 is 24.7 Å². The molecule has 4 aromatic rings. The van der Waals surface area contributed by atoms with Gasteiger partial charge in [-0.05, 0) is 42.3 Å². The molecular weight excluding hydrogens is 396 g/mol. The van der Waals surface area contributed by atoms with Gasteiger partial charge in [-0.1, -0.05) is 12.1 Å². The second-order valence-corrected chi connectivity index (χ2v) is 6.89. The topological polar surface area (TPSA) is 93.1 Å². The van der Waals surface area contributed by atoms with Crippen LogP contribution in [0.15, 0.2) is 42.6 Å². The van der Waals surface area contributed by atoms with Crippen LogP contribution in [0.4, 0.5) is 5.82 Å². The number of aromatic nitrogens is 3. The molecule has 0 unspecified atom stereocenters. The van der Waals surface area contributed by atoms with Crippen LogP contribution in [0.2, 0.25) is 0 Å². The van der Waals surface area contributed by atoms with Crippen molar-refractivity contribution in [2.24, 2.45) is 0 Å². The standard InChI is InChI=1S/C23H24N4O4/c1-13-21(15-7-9-18(29-3)20(11-15)31-5)23-25-12-16(22(24)27(23)26-13)14-6-8-17(28-2)19(10-14)30-4/h6-12H,24H2,1-5H3. The Morgan fingerprint density at radius 3 is 1.90 bits per heavy atom. The maximum Gasteiger partial charge on any atom is 0.165 e. The number of fused-ring (bicyclic) bond motifs is 1. The molecule has 4 rings (SSSR count). The van der Waals surface area contributed by atoms with Crippen molar-refractivity contribution in [1.82, 2.24) is 14.6 Å². The van der Waals surface area contributed by atoms with Gasteiger partial charge in [0.2, 0.25) is 0 Å². The average Bonchev–Trinajstić information content (AvgIpc) is 3.15. The minimum Gasteiger partial charge on any atom is -0.493 e. The number of benzene rings is 2. The van der Waals surface area contributed by atoms with Gasteiger partial charge in [-0.15, -0.1) is 0 Å². The number of hydrogen-bond acceptors (Lipinski definition) is 7. The van der Waals surface area contributed by atoms with E-state index in [-0.39, 0.29) is 0 Å². The first kappa shape index (κ1) is 20.3. The molecule has 8 nitrogen and oxygen atoms in total. The molecule has 0 aliphatic carbocycles. The van der Waals surface area contributed by atoms with Gasteiger partial charge in [0.15, 0.2) is 28.6 Å². The van der Waals surface area contributed by atoms with Gasteiger partial charge in [0.1, 0.15) is 5.82 Å². The van der Waals surface area contributed by atoms with Crippen molar-refractivity contribution >= 4 is 11.5 Å². The van der Waals surface area contributed by atoms with Crippen molar-refractivity contribution < 1.29 is 18.9 Å². The lowest BCUT2D eigenvalue weighted by atomic mass is 10.0. The van der Waals surface area contributed by atoms with Crippen molar-refractivity contribution in [2.45, 2.75) is 6.92 Å². The zero-order valence-corrected chi connectivity index (χ0v) is 18.1. The van der Waals surface area contributed by atoms with Crippen molar-refractivity contribution in [3.8, 4) is 45.3 Å². The maximum atomic E-state index is 6.52. The molecule has 0 radical (unpaired) electrons. The Labute approximate surface area is 180 Å². The van der Waals surface area contributed by atoms with E-state index in [1.165, 1.54) is 0 Å². The Bertz CT molecular complexity index is 1270. The monoisotopic (exact) mass is 420 g/mol. The smallest absolute Gasteiger partial charge is 0.165 e. The fourth-order valence-corrected chi connectivity index (χ4v) is 3.66. The molecule has 8 heteroatoms. The van der Waals surface area contributed by atoms with Gasteiger partial charge in [0, 0.05) is 17.3 Å². The molecule has 2 N–H and O–H groups in total. The Kier molecular flexibility index (Phi) is 5.29. The summed E-state index contributed by atoms with van der Waals surface area (Å²) < 4.78 is 23.2. The molecule has 2 aromatic heterocycles. The first-order valence-corrected chi connectivity index (χ1v) is 9.61. The highest BCUT2D eigenvalue weighted by Gasteiger charge is 2.19. The number of rotatable bonds is 6. The van der Waals surface area contributed by atoms with Crippen molar-refractivity contribution in [3.63, 3.8) is 0 Å². The summed E-state index contributed by atoms with van der Waals surface area (Å²) in [5.41, 5.74) is 11.4. The van der Waals surface area contributed by atoms with Crippen LogP contribution in [-0.4, -0.2) is 43.0 Å². The number of nitrogen functional groups attached to an aromatic ring is 1.